The molecule has 0 aromatic carbocycles. The van der Waals surface area contributed by atoms with E-state index in [4.69, 9.17) is 20.3 Å². The minimum Gasteiger partial charge on any atom is -0.389 e. The van der Waals surface area contributed by atoms with E-state index < -0.39 is 6.10 Å². The van der Waals surface area contributed by atoms with Crippen LogP contribution in [-0.2, 0) is 9.47 Å². The third-order valence-corrected chi connectivity index (χ3v) is 1.40. The first-order valence-electron chi connectivity index (χ1n) is 3.40. The Morgan fingerprint density at radius 2 is 2.40 bits per heavy atom. The summed E-state index contributed by atoms with van der Waals surface area (Å²) in [4.78, 5) is 0. The van der Waals surface area contributed by atoms with Gasteiger partial charge in [0.2, 0.25) is 0 Å². The van der Waals surface area contributed by atoms with Crippen molar-refractivity contribution in [2.24, 2.45) is 5.73 Å². The number of rotatable bonds is 4. The molecule has 3 N–H and O–H groups in total. The van der Waals surface area contributed by atoms with Crippen molar-refractivity contribution < 1.29 is 14.6 Å². The number of nitrogens with two attached hydrogens (primary N) is 1. The molecule has 0 aromatic heterocycles. The molecule has 1 aliphatic rings. The fraction of sp³-hybridized carbons (Fsp3) is 1.00. The molecular formula is C6H13NO3. The summed E-state index contributed by atoms with van der Waals surface area (Å²) in [7, 11) is 0. The highest BCUT2D eigenvalue weighted by atomic mass is 16.6. The summed E-state index contributed by atoms with van der Waals surface area (Å²) in [6.07, 6.45) is -0.346. The van der Waals surface area contributed by atoms with Crippen LogP contribution in [0.3, 0.4) is 0 Å². The van der Waals surface area contributed by atoms with E-state index in [1.165, 1.54) is 0 Å². The van der Waals surface area contributed by atoms with Crippen LogP contribution in [0, 0.1) is 0 Å². The van der Waals surface area contributed by atoms with E-state index in [-0.39, 0.29) is 12.6 Å². The lowest BCUT2D eigenvalue weighted by atomic mass is 10.3. The van der Waals surface area contributed by atoms with Crippen molar-refractivity contribution in [3.8, 4) is 0 Å². The largest absolute Gasteiger partial charge is 0.389 e. The zero-order valence-electron chi connectivity index (χ0n) is 5.82. The van der Waals surface area contributed by atoms with Gasteiger partial charge in [-0.25, -0.2) is 0 Å². The highest BCUT2D eigenvalue weighted by Gasteiger charge is 2.19. The molecule has 4 heteroatoms. The van der Waals surface area contributed by atoms with Gasteiger partial charge in [0.15, 0.2) is 0 Å². The van der Waals surface area contributed by atoms with Crippen LogP contribution in [0.1, 0.15) is 0 Å². The summed E-state index contributed by atoms with van der Waals surface area (Å²) in [5.41, 5.74) is 5.16. The molecule has 0 spiro atoms. The van der Waals surface area contributed by atoms with Crippen LogP contribution in [0.2, 0.25) is 0 Å². The maximum atomic E-state index is 8.94. The smallest absolute Gasteiger partial charge is 0.104 e. The van der Waals surface area contributed by atoms with Gasteiger partial charge in [-0.3, -0.25) is 0 Å². The normalized spacial score (nSPS) is 22.2. The topological polar surface area (TPSA) is 64.7 Å². The van der Waals surface area contributed by atoms with E-state index in [1.807, 2.05) is 0 Å². The van der Waals surface area contributed by atoms with E-state index in [0.29, 0.717) is 19.8 Å². The Kier molecular flexibility index (Phi) is 3.08. The average Bonchev–Trinajstić information content (AvgIpc) is 1.84. The third kappa shape index (κ3) is 2.22. The van der Waals surface area contributed by atoms with Gasteiger partial charge in [0.25, 0.3) is 0 Å². The summed E-state index contributed by atoms with van der Waals surface area (Å²) >= 11 is 0. The molecule has 1 unspecified atom stereocenters. The molecule has 4 nitrogen and oxygen atoms in total. The maximum Gasteiger partial charge on any atom is 0.104 e. The van der Waals surface area contributed by atoms with Crippen molar-refractivity contribution in [2.45, 2.75) is 12.2 Å². The second kappa shape index (κ2) is 3.88. The van der Waals surface area contributed by atoms with Gasteiger partial charge in [0.1, 0.15) is 6.10 Å². The first-order chi connectivity index (χ1) is 4.83. The second-order valence-corrected chi connectivity index (χ2v) is 2.38. The van der Waals surface area contributed by atoms with Gasteiger partial charge in [-0.1, -0.05) is 0 Å². The SMILES string of the molecule is NCC(O)COC1COC1. The molecule has 1 aliphatic heterocycles. The van der Waals surface area contributed by atoms with Crippen LogP contribution in [0.4, 0.5) is 0 Å². The van der Waals surface area contributed by atoms with Gasteiger partial charge in [-0.2, -0.15) is 0 Å². The molecule has 0 aromatic rings. The minimum atomic E-state index is -0.527. The maximum absolute atomic E-state index is 8.94. The fourth-order valence-electron chi connectivity index (χ4n) is 0.625. The van der Waals surface area contributed by atoms with Gasteiger partial charge >= 0.3 is 0 Å². The molecule has 1 fully saturated rings. The molecule has 1 rings (SSSR count). The van der Waals surface area contributed by atoms with Gasteiger partial charge in [0, 0.05) is 6.54 Å². The second-order valence-electron chi connectivity index (χ2n) is 2.38. The Morgan fingerprint density at radius 1 is 1.70 bits per heavy atom. The van der Waals surface area contributed by atoms with Crippen LogP contribution in [-0.4, -0.2) is 43.7 Å². The quantitative estimate of drug-likeness (QED) is 0.520. The first-order valence-corrected chi connectivity index (χ1v) is 3.40. The summed E-state index contributed by atoms with van der Waals surface area (Å²) in [6, 6.07) is 0. The van der Waals surface area contributed by atoms with E-state index in [0.717, 1.165) is 0 Å². The van der Waals surface area contributed by atoms with Crippen molar-refractivity contribution in [3.63, 3.8) is 0 Å². The first kappa shape index (κ1) is 7.94. The van der Waals surface area contributed by atoms with Gasteiger partial charge in [-0.05, 0) is 0 Å². The zero-order valence-corrected chi connectivity index (χ0v) is 5.82. The highest BCUT2D eigenvalue weighted by molar-refractivity contribution is 4.65. The van der Waals surface area contributed by atoms with Gasteiger partial charge in [0.05, 0.1) is 25.9 Å². The summed E-state index contributed by atoms with van der Waals surface area (Å²) in [5, 5.41) is 8.94. The van der Waals surface area contributed by atoms with Crippen LogP contribution < -0.4 is 5.73 Å². The number of aliphatic hydroxyl groups is 1. The molecule has 60 valence electrons. The molecule has 0 aliphatic carbocycles. The van der Waals surface area contributed by atoms with Crippen molar-refractivity contribution in [1.82, 2.24) is 0 Å². The lowest BCUT2D eigenvalue weighted by molar-refractivity contribution is -0.142. The van der Waals surface area contributed by atoms with E-state index >= 15 is 0 Å². The minimum absolute atomic E-state index is 0.182. The lowest BCUT2D eigenvalue weighted by Crippen LogP contribution is -2.39. The molecule has 1 heterocycles. The fourth-order valence-corrected chi connectivity index (χ4v) is 0.625. The Labute approximate surface area is 59.9 Å². The molecule has 1 saturated heterocycles. The predicted octanol–water partition coefficient (Wildman–Crippen LogP) is -1.28. The molecule has 1 atom stereocenters. The monoisotopic (exact) mass is 147 g/mol. The number of ether oxygens (including phenoxy) is 2. The number of hydrogen-bond donors (Lipinski definition) is 2. The van der Waals surface area contributed by atoms with E-state index in [1.54, 1.807) is 0 Å². The Hall–Kier alpha value is -0.160. The Balaban J connectivity index is 1.93. The van der Waals surface area contributed by atoms with Crippen LogP contribution in [0.25, 0.3) is 0 Å². The van der Waals surface area contributed by atoms with Crippen molar-refractivity contribution >= 4 is 0 Å². The van der Waals surface area contributed by atoms with E-state index in [9.17, 15) is 0 Å². The molecule has 0 radical (unpaired) electrons. The number of aliphatic hydroxyl groups excluding tert-OH is 1. The molecule has 0 bridgehead atoms. The molecular weight excluding hydrogens is 134 g/mol. The summed E-state index contributed by atoms with van der Waals surface area (Å²) < 4.78 is 10.0. The molecule has 0 amide bonds. The predicted molar refractivity (Wildman–Crippen MR) is 35.6 cm³/mol. The summed E-state index contributed by atoms with van der Waals surface area (Å²) in [6.45, 7) is 1.88. The molecule has 0 saturated carbocycles. The standard InChI is InChI=1S/C6H13NO3/c7-1-5(8)2-10-6-3-9-4-6/h5-6,8H,1-4,7H2. The molecule has 10 heavy (non-hydrogen) atoms. The average molecular weight is 147 g/mol. The van der Waals surface area contributed by atoms with E-state index in [2.05, 4.69) is 0 Å². The van der Waals surface area contributed by atoms with Crippen LogP contribution in [0.5, 0.6) is 0 Å². The Morgan fingerprint density at radius 3 is 2.80 bits per heavy atom. The van der Waals surface area contributed by atoms with Crippen molar-refractivity contribution in [3.05, 3.63) is 0 Å². The zero-order chi connectivity index (χ0) is 7.40. The van der Waals surface area contributed by atoms with Gasteiger partial charge < -0.3 is 20.3 Å². The lowest BCUT2D eigenvalue weighted by Gasteiger charge is -2.26. The number of hydrogen-bond acceptors (Lipinski definition) is 4. The van der Waals surface area contributed by atoms with Crippen molar-refractivity contribution in [1.29, 1.82) is 0 Å². The van der Waals surface area contributed by atoms with Crippen molar-refractivity contribution in [2.75, 3.05) is 26.4 Å². The van der Waals surface area contributed by atoms with Gasteiger partial charge in [-0.15, -0.1) is 0 Å². The van der Waals surface area contributed by atoms with Crippen LogP contribution >= 0.6 is 0 Å². The third-order valence-electron chi connectivity index (χ3n) is 1.40. The highest BCUT2D eigenvalue weighted by Crippen LogP contribution is 2.04. The van der Waals surface area contributed by atoms with Crippen LogP contribution in [0.15, 0.2) is 0 Å². The Bertz CT molecular complexity index is 90.2. The summed E-state index contributed by atoms with van der Waals surface area (Å²) in [5.74, 6) is 0.